The molecule has 2 aromatic carbocycles. The number of carbonyl (C=O) groups excluding carboxylic acids is 1. The van der Waals surface area contributed by atoms with Crippen LogP contribution in [0.15, 0.2) is 65.8 Å². The van der Waals surface area contributed by atoms with Gasteiger partial charge in [0.05, 0.1) is 16.8 Å². The number of fused-ring (bicyclic) bond motifs is 1. The molecule has 1 aromatic heterocycles. The number of nitrogens with zero attached hydrogens (tertiary/aromatic N) is 2. The number of amides is 1. The molecule has 0 bridgehead atoms. The molecule has 114 valence electrons. The molecule has 0 radical (unpaired) electrons. The fraction of sp³-hybridized carbons (Fsp3) is 0. The summed E-state index contributed by atoms with van der Waals surface area (Å²) >= 11 is 2.20. The minimum atomic E-state index is -0.309. The Morgan fingerprint density at radius 2 is 1.87 bits per heavy atom. The first kappa shape index (κ1) is 15.4. The summed E-state index contributed by atoms with van der Waals surface area (Å²) in [5, 5.41) is 3.40. The van der Waals surface area contributed by atoms with Crippen molar-refractivity contribution in [3.63, 3.8) is 0 Å². The van der Waals surface area contributed by atoms with Crippen LogP contribution in [-0.2, 0) is 0 Å². The molecule has 23 heavy (non-hydrogen) atoms. The van der Waals surface area contributed by atoms with Crippen LogP contribution in [-0.4, -0.2) is 16.9 Å². The molecule has 0 aliphatic carbocycles. The molecule has 0 aliphatic rings. The Kier molecular flexibility index (Phi) is 4.52. The molecule has 0 spiro atoms. The summed E-state index contributed by atoms with van der Waals surface area (Å²) in [5.74, 6) is -0.256. The van der Waals surface area contributed by atoms with Crippen LogP contribution >= 0.6 is 22.6 Å². The number of benzene rings is 2. The summed E-state index contributed by atoms with van der Waals surface area (Å²) in [6.07, 6.45) is 1.62. The topological polar surface area (TPSA) is 80.4 Å². The highest BCUT2D eigenvalue weighted by atomic mass is 127. The van der Waals surface area contributed by atoms with Crippen LogP contribution in [0.1, 0.15) is 10.4 Å². The van der Waals surface area contributed by atoms with Crippen molar-refractivity contribution in [2.24, 2.45) is 10.7 Å². The highest BCUT2D eigenvalue weighted by molar-refractivity contribution is 14.1. The number of rotatable bonds is 2. The van der Waals surface area contributed by atoms with Gasteiger partial charge in [0, 0.05) is 15.2 Å². The first-order valence-corrected chi connectivity index (χ1v) is 7.97. The Labute approximate surface area is 146 Å². The predicted molar refractivity (Wildman–Crippen MR) is 99.7 cm³/mol. The number of aromatic nitrogens is 1. The molecule has 0 unspecified atom stereocenters. The molecule has 0 saturated heterocycles. The number of hydrogen-bond acceptors (Lipinski definition) is 3. The molecule has 3 rings (SSSR count). The van der Waals surface area contributed by atoms with Gasteiger partial charge in [0.1, 0.15) is 0 Å². The molecule has 0 aliphatic heterocycles. The van der Waals surface area contributed by atoms with Gasteiger partial charge in [0.25, 0.3) is 5.91 Å². The zero-order valence-electron chi connectivity index (χ0n) is 12.0. The molecule has 3 aromatic rings. The number of guanidine groups is 1. The molecule has 3 N–H and O–H groups in total. The standard InChI is InChI=1S/C17H13IN4O/c18-14-8-4-7-12-13(9-10-20-15(12)14)16(23)22-17(19)21-11-5-2-1-3-6-11/h1-10H,(H3,19,21,22,23). The van der Waals surface area contributed by atoms with E-state index in [1.54, 1.807) is 12.3 Å². The highest BCUT2D eigenvalue weighted by Crippen LogP contribution is 2.21. The van der Waals surface area contributed by atoms with Crippen LogP contribution in [0.2, 0.25) is 0 Å². The van der Waals surface area contributed by atoms with Crippen molar-refractivity contribution < 1.29 is 4.79 Å². The summed E-state index contributed by atoms with van der Waals surface area (Å²) in [6.45, 7) is 0. The zero-order chi connectivity index (χ0) is 16.2. The Morgan fingerprint density at radius 3 is 2.65 bits per heavy atom. The lowest BCUT2D eigenvalue weighted by Crippen LogP contribution is -2.36. The van der Waals surface area contributed by atoms with Crippen molar-refractivity contribution in [2.45, 2.75) is 0 Å². The van der Waals surface area contributed by atoms with E-state index in [-0.39, 0.29) is 11.9 Å². The van der Waals surface area contributed by atoms with Crippen LogP contribution in [0.4, 0.5) is 5.69 Å². The van der Waals surface area contributed by atoms with E-state index in [9.17, 15) is 4.79 Å². The summed E-state index contributed by atoms with van der Waals surface area (Å²) in [5.41, 5.74) is 7.80. The van der Waals surface area contributed by atoms with Gasteiger partial charge in [-0.1, -0.05) is 30.3 Å². The smallest absolute Gasteiger partial charge is 0.258 e. The SMILES string of the molecule is NC(=Nc1ccccc1)NC(=O)c1ccnc2c(I)cccc12. The van der Waals surface area contributed by atoms with Crippen molar-refractivity contribution in [1.82, 2.24) is 10.3 Å². The van der Waals surface area contributed by atoms with Crippen molar-refractivity contribution >= 4 is 51.0 Å². The second-order valence-electron chi connectivity index (χ2n) is 4.78. The lowest BCUT2D eigenvalue weighted by molar-refractivity contribution is 0.0978. The van der Waals surface area contributed by atoms with Gasteiger partial charge in [-0.15, -0.1) is 0 Å². The molecule has 1 amide bonds. The molecule has 0 atom stereocenters. The predicted octanol–water partition coefficient (Wildman–Crippen LogP) is 3.22. The van der Waals surface area contributed by atoms with Crippen molar-refractivity contribution in [1.29, 1.82) is 0 Å². The number of carbonyl (C=O) groups is 1. The van der Waals surface area contributed by atoms with Gasteiger partial charge in [-0.3, -0.25) is 15.1 Å². The van der Waals surface area contributed by atoms with Crippen LogP contribution in [0, 0.1) is 3.57 Å². The zero-order valence-corrected chi connectivity index (χ0v) is 14.2. The third kappa shape index (κ3) is 3.48. The second-order valence-corrected chi connectivity index (χ2v) is 5.94. The highest BCUT2D eigenvalue weighted by Gasteiger charge is 2.12. The molecular formula is C17H13IN4O. The van der Waals surface area contributed by atoms with Crippen LogP contribution in [0.5, 0.6) is 0 Å². The van der Waals surface area contributed by atoms with Gasteiger partial charge < -0.3 is 5.73 Å². The minimum absolute atomic E-state index is 0.0526. The number of para-hydroxylation sites is 2. The van der Waals surface area contributed by atoms with Crippen molar-refractivity contribution in [3.8, 4) is 0 Å². The Hall–Kier alpha value is -2.48. The number of hydrogen-bond donors (Lipinski definition) is 2. The number of aliphatic imine (C=N–C) groups is 1. The Balaban J connectivity index is 1.90. The molecule has 6 heteroatoms. The second kappa shape index (κ2) is 6.74. The van der Waals surface area contributed by atoms with Crippen LogP contribution in [0.3, 0.4) is 0 Å². The fourth-order valence-electron chi connectivity index (χ4n) is 2.19. The lowest BCUT2D eigenvalue weighted by atomic mass is 10.1. The Bertz CT molecular complexity index is 893. The molecule has 0 fully saturated rings. The van der Waals surface area contributed by atoms with E-state index >= 15 is 0 Å². The fourth-order valence-corrected chi connectivity index (χ4v) is 2.83. The van der Waals surface area contributed by atoms with Crippen LogP contribution < -0.4 is 11.1 Å². The number of halogens is 1. The molecule has 5 nitrogen and oxygen atoms in total. The minimum Gasteiger partial charge on any atom is -0.369 e. The van der Waals surface area contributed by atoms with E-state index < -0.39 is 0 Å². The van der Waals surface area contributed by atoms with Crippen molar-refractivity contribution in [2.75, 3.05) is 0 Å². The number of pyridine rings is 1. The van der Waals surface area contributed by atoms with E-state index in [2.05, 4.69) is 37.9 Å². The number of nitrogens with one attached hydrogen (secondary N) is 1. The first-order valence-electron chi connectivity index (χ1n) is 6.89. The molecule has 1 heterocycles. The van der Waals surface area contributed by atoms with E-state index in [1.807, 2.05) is 48.5 Å². The van der Waals surface area contributed by atoms with E-state index in [0.717, 1.165) is 14.5 Å². The van der Waals surface area contributed by atoms with Gasteiger partial charge in [-0.2, -0.15) is 0 Å². The monoisotopic (exact) mass is 416 g/mol. The quantitative estimate of drug-likeness (QED) is 0.383. The van der Waals surface area contributed by atoms with Gasteiger partial charge in [0.15, 0.2) is 0 Å². The summed E-state index contributed by atoms with van der Waals surface area (Å²) in [4.78, 5) is 21.0. The van der Waals surface area contributed by atoms with E-state index in [1.165, 1.54) is 0 Å². The summed E-state index contributed by atoms with van der Waals surface area (Å²) in [7, 11) is 0. The summed E-state index contributed by atoms with van der Waals surface area (Å²) < 4.78 is 0.987. The maximum Gasteiger partial charge on any atom is 0.258 e. The van der Waals surface area contributed by atoms with Gasteiger partial charge in [-0.05, 0) is 46.9 Å². The maximum atomic E-state index is 12.5. The normalized spacial score (nSPS) is 11.4. The number of nitrogens with two attached hydrogens (primary N) is 1. The maximum absolute atomic E-state index is 12.5. The van der Waals surface area contributed by atoms with Crippen LogP contribution in [0.25, 0.3) is 10.9 Å². The molecule has 0 saturated carbocycles. The van der Waals surface area contributed by atoms with Gasteiger partial charge in [0.2, 0.25) is 5.96 Å². The third-order valence-corrected chi connectivity index (χ3v) is 4.08. The average Bonchev–Trinajstić information content (AvgIpc) is 2.55. The average molecular weight is 416 g/mol. The van der Waals surface area contributed by atoms with Gasteiger partial charge in [-0.25, -0.2) is 4.99 Å². The third-order valence-electron chi connectivity index (χ3n) is 3.21. The van der Waals surface area contributed by atoms with E-state index in [4.69, 9.17) is 5.73 Å². The van der Waals surface area contributed by atoms with Gasteiger partial charge >= 0.3 is 0 Å². The van der Waals surface area contributed by atoms with Crippen molar-refractivity contribution in [3.05, 3.63) is 69.9 Å². The summed E-state index contributed by atoms with van der Waals surface area (Å²) in [6, 6.07) is 16.6. The lowest BCUT2D eigenvalue weighted by Gasteiger charge is -2.08. The largest absolute Gasteiger partial charge is 0.369 e. The Morgan fingerprint density at radius 1 is 1.09 bits per heavy atom. The molecular weight excluding hydrogens is 403 g/mol. The van der Waals surface area contributed by atoms with E-state index in [0.29, 0.717) is 11.3 Å². The first-order chi connectivity index (χ1) is 11.1.